The summed E-state index contributed by atoms with van der Waals surface area (Å²) >= 11 is 3.97. The van der Waals surface area contributed by atoms with E-state index < -0.39 is 36.2 Å². The third-order valence-electron chi connectivity index (χ3n) is 4.16. The Balaban J connectivity index is 1.77. The topological polar surface area (TPSA) is 122 Å². The van der Waals surface area contributed by atoms with Crippen LogP contribution < -0.4 is 14.8 Å². The van der Waals surface area contributed by atoms with E-state index in [4.69, 9.17) is 14.6 Å². The number of carbonyl (C=O) groups is 4. The zero-order valence-corrected chi connectivity index (χ0v) is 19.1. The molecule has 9 nitrogen and oxygen atoms in total. The summed E-state index contributed by atoms with van der Waals surface area (Å²) in [6.07, 6.45) is 1.40. The first kappa shape index (κ1) is 23.4. The van der Waals surface area contributed by atoms with Crippen molar-refractivity contribution in [2.24, 2.45) is 0 Å². The van der Waals surface area contributed by atoms with Crippen molar-refractivity contribution in [2.45, 2.75) is 0 Å². The van der Waals surface area contributed by atoms with Gasteiger partial charge in [-0.05, 0) is 48.2 Å². The molecule has 0 aliphatic carbocycles. The van der Waals surface area contributed by atoms with Crippen molar-refractivity contribution in [3.63, 3.8) is 0 Å². The number of para-hydroxylation sites is 1. The van der Waals surface area contributed by atoms with Crippen molar-refractivity contribution in [1.82, 2.24) is 4.90 Å². The predicted octanol–water partition coefficient (Wildman–Crippen LogP) is 3.60. The number of benzene rings is 2. The number of aliphatic carboxylic acids is 1. The maximum absolute atomic E-state index is 12.7. The molecule has 2 aromatic carbocycles. The fraction of sp³-hybridized carbons (Fsp3) is 0.143. The van der Waals surface area contributed by atoms with Gasteiger partial charge < -0.3 is 19.9 Å². The summed E-state index contributed by atoms with van der Waals surface area (Å²) in [7, 11) is 1.39. The van der Waals surface area contributed by atoms with E-state index in [0.717, 1.165) is 9.37 Å². The van der Waals surface area contributed by atoms with Crippen LogP contribution in [0, 0.1) is 0 Å². The molecule has 0 unspecified atom stereocenters. The minimum Gasteiger partial charge on any atom is -0.493 e. The number of halogens is 1. The number of nitrogens with one attached hydrogen (secondary N) is 1. The summed E-state index contributed by atoms with van der Waals surface area (Å²) < 4.78 is 11.3. The number of amides is 3. The molecule has 1 aliphatic heterocycles. The minimum atomic E-state index is -1.18. The van der Waals surface area contributed by atoms with Gasteiger partial charge >= 0.3 is 5.97 Å². The molecule has 1 fully saturated rings. The van der Waals surface area contributed by atoms with Crippen LogP contribution in [-0.4, -0.2) is 53.3 Å². The summed E-state index contributed by atoms with van der Waals surface area (Å²) in [6, 6.07) is 11.6. The number of carboxylic acids is 1. The Hall–Kier alpha value is -3.31. The molecule has 0 spiro atoms. The highest BCUT2D eigenvalue weighted by atomic mass is 79.9. The summed E-state index contributed by atoms with van der Waals surface area (Å²) in [5, 5.41) is 10.9. The lowest BCUT2D eigenvalue weighted by Gasteiger charge is -2.13. The van der Waals surface area contributed by atoms with Gasteiger partial charge in [0.1, 0.15) is 6.54 Å². The highest BCUT2D eigenvalue weighted by Crippen LogP contribution is 2.37. The van der Waals surface area contributed by atoms with Crippen LogP contribution in [0.5, 0.6) is 11.5 Å². The Bertz CT molecular complexity index is 1100. The maximum Gasteiger partial charge on any atom is 0.341 e. The molecule has 1 heterocycles. The van der Waals surface area contributed by atoms with Crippen LogP contribution in [0.15, 0.2) is 51.8 Å². The number of methoxy groups -OCH3 is 1. The average molecular weight is 521 g/mol. The molecular weight excluding hydrogens is 504 g/mol. The van der Waals surface area contributed by atoms with E-state index in [1.165, 1.54) is 13.2 Å². The second-order valence-corrected chi connectivity index (χ2v) is 8.29. The molecule has 0 radical (unpaired) electrons. The third-order valence-corrected chi connectivity index (χ3v) is 5.60. The van der Waals surface area contributed by atoms with E-state index >= 15 is 0 Å². The number of hydrogen-bond acceptors (Lipinski definition) is 7. The van der Waals surface area contributed by atoms with Gasteiger partial charge in [0, 0.05) is 15.7 Å². The molecule has 2 aromatic rings. The number of carbonyl (C=O) groups excluding carboxylic acids is 3. The van der Waals surface area contributed by atoms with Crippen LogP contribution in [0.25, 0.3) is 6.08 Å². The number of hydrogen-bond donors (Lipinski definition) is 2. The Morgan fingerprint density at radius 3 is 2.56 bits per heavy atom. The first-order valence-electron chi connectivity index (χ1n) is 9.11. The van der Waals surface area contributed by atoms with Gasteiger partial charge in [0.15, 0.2) is 18.1 Å². The van der Waals surface area contributed by atoms with E-state index in [1.807, 2.05) is 0 Å². The van der Waals surface area contributed by atoms with Crippen LogP contribution in [0.3, 0.4) is 0 Å². The summed E-state index contributed by atoms with van der Waals surface area (Å²) in [4.78, 5) is 49.2. The van der Waals surface area contributed by atoms with Crippen LogP contribution >= 0.6 is 27.7 Å². The van der Waals surface area contributed by atoms with Crippen LogP contribution in [0.1, 0.15) is 5.56 Å². The molecular formula is C21H17BrN2O7S. The Morgan fingerprint density at radius 2 is 1.91 bits per heavy atom. The fourth-order valence-corrected chi connectivity index (χ4v) is 3.84. The molecule has 11 heteroatoms. The van der Waals surface area contributed by atoms with E-state index in [1.54, 1.807) is 42.5 Å². The molecule has 0 bridgehead atoms. The SMILES string of the molecule is COc1cccc(/C=C2/SC(=O)N(CC(=O)Nc3ccc(Br)cc3)C2=O)c1OCC(=O)O. The quantitative estimate of drug-likeness (QED) is 0.506. The van der Waals surface area contributed by atoms with Crippen molar-refractivity contribution < 1.29 is 33.8 Å². The smallest absolute Gasteiger partial charge is 0.341 e. The van der Waals surface area contributed by atoms with Gasteiger partial charge in [0.25, 0.3) is 11.1 Å². The van der Waals surface area contributed by atoms with Gasteiger partial charge in [0.05, 0.1) is 12.0 Å². The molecule has 2 N–H and O–H groups in total. The van der Waals surface area contributed by atoms with Gasteiger partial charge in [-0.2, -0.15) is 0 Å². The average Bonchev–Trinajstić information content (AvgIpc) is 3.01. The number of anilines is 1. The first-order valence-corrected chi connectivity index (χ1v) is 10.7. The number of thioether (sulfide) groups is 1. The molecule has 1 saturated heterocycles. The van der Waals surface area contributed by atoms with Crippen molar-refractivity contribution >= 4 is 62.5 Å². The zero-order chi connectivity index (χ0) is 23.3. The zero-order valence-electron chi connectivity index (χ0n) is 16.7. The van der Waals surface area contributed by atoms with Crippen molar-refractivity contribution in [2.75, 3.05) is 25.6 Å². The molecule has 32 heavy (non-hydrogen) atoms. The molecule has 0 atom stereocenters. The molecule has 3 amide bonds. The highest BCUT2D eigenvalue weighted by molar-refractivity contribution is 9.10. The summed E-state index contributed by atoms with van der Waals surface area (Å²) in [5.74, 6) is -1.95. The lowest BCUT2D eigenvalue weighted by molar-refractivity contribution is -0.139. The van der Waals surface area contributed by atoms with Gasteiger partial charge in [0.2, 0.25) is 5.91 Å². The summed E-state index contributed by atoms with van der Waals surface area (Å²) in [5.41, 5.74) is 0.882. The van der Waals surface area contributed by atoms with Crippen molar-refractivity contribution in [3.8, 4) is 11.5 Å². The fourth-order valence-electron chi connectivity index (χ4n) is 2.75. The van der Waals surface area contributed by atoms with Gasteiger partial charge in [-0.1, -0.05) is 28.1 Å². The second kappa shape index (κ2) is 10.3. The number of carboxylic acid groups (broad SMARTS) is 1. The number of imide groups is 1. The van der Waals surface area contributed by atoms with Crippen molar-refractivity contribution in [1.29, 1.82) is 0 Å². The van der Waals surface area contributed by atoms with Crippen molar-refractivity contribution in [3.05, 3.63) is 57.4 Å². The van der Waals surface area contributed by atoms with Gasteiger partial charge in [-0.15, -0.1) is 0 Å². The highest BCUT2D eigenvalue weighted by Gasteiger charge is 2.36. The van der Waals surface area contributed by atoms with E-state index in [2.05, 4.69) is 21.2 Å². The molecule has 0 saturated carbocycles. The Kier molecular flexibility index (Phi) is 7.54. The first-order chi connectivity index (χ1) is 15.3. The van der Waals surface area contributed by atoms with E-state index in [9.17, 15) is 19.2 Å². The number of nitrogens with zero attached hydrogens (tertiary/aromatic N) is 1. The summed E-state index contributed by atoms with van der Waals surface area (Å²) in [6.45, 7) is -1.06. The largest absolute Gasteiger partial charge is 0.493 e. The number of rotatable bonds is 8. The van der Waals surface area contributed by atoms with Gasteiger partial charge in [-0.3, -0.25) is 19.3 Å². The molecule has 0 aromatic heterocycles. The minimum absolute atomic E-state index is 0.0693. The molecule has 166 valence electrons. The molecule has 3 rings (SSSR count). The lowest BCUT2D eigenvalue weighted by atomic mass is 10.1. The normalized spacial score (nSPS) is 14.6. The van der Waals surface area contributed by atoms with E-state index in [-0.39, 0.29) is 16.4 Å². The standard InChI is InChI=1S/C21H17BrN2O7S/c1-30-15-4-2-3-12(19(15)31-11-18(26)27)9-16-20(28)24(21(29)32-16)10-17(25)23-14-7-5-13(22)6-8-14/h2-9H,10-11H2,1H3,(H,23,25)(H,26,27)/b16-9+. The lowest BCUT2D eigenvalue weighted by Crippen LogP contribution is -2.36. The van der Waals surface area contributed by atoms with Gasteiger partial charge in [-0.25, -0.2) is 4.79 Å². The van der Waals surface area contributed by atoms with Crippen LogP contribution in [0.4, 0.5) is 10.5 Å². The second-order valence-electron chi connectivity index (χ2n) is 6.38. The maximum atomic E-state index is 12.7. The predicted molar refractivity (Wildman–Crippen MR) is 122 cm³/mol. The number of ether oxygens (including phenoxy) is 2. The monoisotopic (exact) mass is 520 g/mol. The van der Waals surface area contributed by atoms with Crippen LogP contribution in [0.2, 0.25) is 0 Å². The molecule has 1 aliphatic rings. The third kappa shape index (κ3) is 5.68. The Labute approximate surface area is 195 Å². The Morgan fingerprint density at radius 1 is 1.19 bits per heavy atom. The van der Waals surface area contributed by atoms with E-state index in [0.29, 0.717) is 23.0 Å². The van der Waals surface area contributed by atoms with Crippen LogP contribution in [-0.2, 0) is 14.4 Å².